The average molecular weight is 750 g/mol. The minimum absolute atomic E-state index is 0.00195. The summed E-state index contributed by atoms with van der Waals surface area (Å²) in [4.78, 5) is 33.0. The number of rotatable bonds is 5. The number of aliphatic hydroxyl groups excluding tert-OH is 2. The molecule has 3 N–H and O–H groups in total. The number of oxime groups is 1. The molecule has 3 saturated heterocycles. The monoisotopic (exact) mass is 749 g/mol. The molecule has 54 heavy (non-hydrogen) atoms. The molecule has 5 aliphatic rings. The van der Waals surface area contributed by atoms with Crippen molar-refractivity contribution in [2.24, 2.45) is 28.8 Å². The van der Waals surface area contributed by atoms with Crippen LogP contribution in [0.2, 0.25) is 0 Å². The third kappa shape index (κ3) is 7.87. The van der Waals surface area contributed by atoms with Crippen LogP contribution in [0.4, 0.5) is 0 Å². The molecule has 12 nitrogen and oxygen atoms in total. The zero-order valence-corrected chi connectivity index (χ0v) is 32.2. The van der Waals surface area contributed by atoms with Gasteiger partial charge in [0.15, 0.2) is 17.8 Å². The summed E-state index contributed by atoms with van der Waals surface area (Å²) in [5.74, 6) is -3.55. The molecule has 1 aromatic carbocycles. The van der Waals surface area contributed by atoms with E-state index >= 15 is 0 Å². The number of allylic oxidation sites excluding steroid dienone is 2. The highest BCUT2D eigenvalue weighted by Crippen LogP contribution is 2.49. The fraction of sp³-hybridized carbons (Fsp3) is 0.595. The molecular formula is C42H55NO11. The highest BCUT2D eigenvalue weighted by Gasteiger charge is 2.63. The number of carbonyl (C=O) groups is 2. The number of carbonyl (C=O) groups excluding carboxylic acids is 2. The molecule has 0 saturated carbocycles. The van der Waals surface area contributed by atoms with Gasteiger partial charge in [0.1, 0.15) is 43.0 Å². The smallest absolute Gasteiger partial charge is 0.361 e. The lowest BCUT2D eigenvalue weighted by atomic mass is 9.70. The van der Waals surface area contributed by atoms with Crippen LogP contribution in [0.25, 0.3) is 0 Å². The molecule has 0 aromatic heterocycles. The highest BCUT2D eigenvalue weighted by atomic mass is 16.7. The molecule has 1 aliphatic carbocycles. The third-order valence-corrected chi connectivity index (χ3v) is 11.6. The first-order valence-electron chi connectivity index (χ1n) is 19.1. The maximum absolute atomic E-state index is 14.2. The summed E-state index contributed by atoms with van der Waals surface area (Å²) in [6, 6.07) is 8.90. The zero-order valence-electron chi connectivity index (χ0n) is 32.2. The van der Waals surface area contributed by atoms with Gasteiger partial charge in [-0.05, 0) is 49.7 Å². The standard InChI is InChI=1S/C42H55NO11/c1-23(2)35-26(5)18-19-41(54-35)22-30-21-29(53-41)17-16-25(4)36(51-40(47)33(43-49-7)28-13-9-8-10-14-28)24(3)12-11-15-31-38(45)52-37-34(44)27(6)20-32(39(46)50-30)42(31,37)48/h8-16,20,23-24,26,29-30,32,34-38,44-45,48H,17-19,21-22H2,1-7H3/b12-11+,25-16+,31-15+,43-33-/t24-,26-,29?,30?,32?,34+,35?,36?,37?,38?,41?,42+/m0/s1. The molecule has 0 amide bonds. The SMILES string of the molecule is CO/N=C(\C(=O)OC1/C(C)=C/CC2CC(CC3(CC[C@H](C)C(C(C)C)O3)O2)OC(=O)C2C=C(C)[C@@H](O)C3OC(O)/C(=C\C=C\[C@@H]1C)[C@@]23O)c1ccccc1. The molecule has 1 aromatic rings. The van der Waals surface area contributed by atoms with Crippen molar-refractivity contribution in [3.63, 3.8) is 0 Å². The van der Waals surface area contributed by atoms with E-state index in [2.05, 4.69) is 25.9 Å². The second kappa shape index (κ2) is 16.2. The maximum atomic E-state index is 14.2. The number of hydrogen-bond donors (Lipinski definition) is 3. The van der Waals surface area contributed by atoms with Crippen LogP contribution in [-0.4, -0.2) is 94.4 Å². The van der Waals surface area contributed by atoms with Crippen LogP contribution < -0.4 is 0 Å². The van der Waals surface area contributed by atoms with Crippen molar-refractivity contribution in [3.05, 3.63) is 83.0 Å². The van der Waals surface area contributed by atoms with Gasteiger partial charge in [-0.3, -0.25) is 4.79 Å². The molecule has 4 heterocycles. The normalized spacial score (nSPS) is 41.4. The first-order valence-corrected chi connectivity index (χ1v) is 19.1. The lowest BCUT2D eigenvalue weighted by Crippen LogP contribution is -2.58. The van der Waals surface area contributed by atoms with E-state index in [-0.39, 0.29) is 23.3 Å². The van der Waals surface area contributed by atoms with Crippen LogP contribution in [-0.2, 0) is 38.1 Å². The zero-order chi connectivity index (χ0) is 38.9. The Kier molecular flexibility index (Phi) is 12.0. The van der Waals surface area contributed by atoms with Crippen molar-refractivity contribution in [2.75, 3.05) is 7.11 Å². The summed E-state index contributed by atoms with van der Waals surface area (Å²) < 4.78 is 31.8. The number of fused-ring (bicyclic) bond motifs is 2. The Morgan fingerprint density at radius 2 is 1.80 bits per heavy atom. The van der Waals surface area contributed by atoms with Crippen LogP contribution in [0, 0.1) is 23.7 Å². The van der Waals surface area contributed by atoms with E-state index in [1.54, 1.807) is 43.3 Å². The maximum Gasteiger partial charge on any atom is 0.361 e. The quantitative estimate of drug-likeness (QED) is 0.160. The average Bonchev–Trinajstić information content (AvgIpc) is 3.40. The first-order chi connectivity index (χ1) is 25.7. The lowest BCUT2D eigenvalue weighted by molar-refractivity contribution is -0.340. The number of nitrogens with zero attached hydrogens (tertiary/aromatic N) is 1. The van der Waals surface area contributed by atoms with E-state index in [4.69, 9.17) is 28.5 Å². The largest absolute Gasteiger partial charge is 0.462 e. The number of esters is 2. The molecule has 12 atom stereocenters. The Labute approximate surface area is 317 Å². The van der Waals surface area contributed by atoms with E-state index < -0.39 is 72.0 Å². The Morgan fingerprint density at radius 1 is 1.06 bits per heavy atom. The van der Waals surface area contributed by atoms with Gasteiger partial charge in [-0.1, -0.05) is 93.6 Å². The predicted octanol–water partition coefficient (Wildman–Crippen LogP) is 5.06. The van der Waals surface area contributed by atoms with Crippen molar-refractivity contribution in [2.45, 2.75) is 128 Å². The van der Waals surface area contributed by atoms with Gasteiger partial charge in [0.05, 0.1) is 12.2 Å². The van der Waals surface area contributed by atoms with E-state index in [1.165, 1.54) is 19.3 Å². The second-order valence-corrected chi connectivity index (χ2v) is 15.9. The Bertz CT molecular complexity index is 1700. The Morgan fingerprint density at radius 3 is 2.50 bits per heavy atom. The molecule has 6 rings (SSSR count). The van der Waals surface area contributed by atoms with Crippen LogP contribution in [0.5, 0.6) is 0 Å². The summed E-state index contributed by atoms with van der Waals surface area (Å²) in [5, 5.41) is 38.6. The number of benzene rings is 1. The molecular weight excluding hydrogens is 694 g/mol. The summed E-state index contributed by atoms with van der Waals surface area (Å²) in [7, 11) is 1.36. The van der Waals surface area contributed by atoms with Crippen molar-refractivity contribution in [1.29, 1.82) is 0 Å². The first kappa shape index (κ1) is 40.0. The lowest BCUT2D eigenvalue weighted by Gasteiger charge is -2.50. The van der Waals surface area contributed by atoms with Crippen molar-refractivity contribution >= 4 is 17.7 Å². The van der Waals surface area contributed by atoms with Crippen molar-refractivity contribution < 1.29 is 53.4 Å². The van der Waals surface area contributed by atoms with Gasteiger partial charge in [0.25, 0.3) is 0 Å². The van der Waals surface area contributed by atoms with E-state index in [0.717, 1.165) is 12.0 Å². The predicted molar refractivity (Wildman–Crippen MR) is 199 cm³/mol. The van der Waals surface area contributed by atoms with Crippen molar-refractivity contribution in [1.82, 2.24) is 0 Å². The Hall–Kier alpha value is -3.65. The second-order valence-electron chi connectivity index (χ2n) is 15.9. The summed E-state index contributed by atoms with van der Waals surface area (Å²) in [5.41, 5.74) is -0.420. The molecule has 2 bridgehead atoms. The molecule has 1 spiro atoms. The van der Waals surface area contributed by atoms with E-state index in [9.17, 15) is 24.9 Å². The van der Waals surface area contributed by atoms with Gasteiger partial charge in [0, 0.05) is 36.3 Å². The Balaban J connectivity index is 1.41. The van der Waals surface area contributed by atoms with Gasteiger partial charge in [0.2, 0.25) is 0 Å². The molecule has 0 radical (unpaired) electrons. The number of aliphatic hydroxyl groups is 3. The number of ether oxygens (including phenoxy) is 5. The van der Waals surface area contributed by atoms with Crippen molar-refractivity contribution in [3.8, 4) is 0 Å². The summed E-state index contributed by atoms with van der Waals surface area (Å²) in [6.45, 7) is 11.8. The summed E-state index contributed by atoms with van der Waals surface area (Å²) in [6.07, 6.45) is 4.79. The van der Waals surface area contributed by atoms with Gasteiger partial charge in [-0.15, -0.1) is 0 Å². The molecule has 4 aliphatic heterocycles. The van der Waals surface area contributed by atoms with Gasteiger partial charge >= 0.3 is 11.9 Å². The third-order valence-electron chi connectivity index (χ3n) is 11.6. The van der Waals surface area contributed by atoms with Gasteiger partial charge < -0.3 is 43.8 Å². The van der Waals surface area contributed by atoms with Gasteiger partial charge in [-0.25, -0.2) is 4.79 Å². The highest BCUT2D eigenvalue weighted by molar-refractivity contribution is 6.43. The molecule has 3 fully saturated rings. The molecule has 12 heteroatoms. The number of hydrogen-bond acceptors (Lipinski definition) is 12. The topological polar surface area (TPSA) is 163 Å². The van der Waals surface area contributed by atoms with Crippen LogP contribution in [0.1, 0.15) is 79.2 Å². The minimum atomic E-state index is -2.12. The minimum Gasteiger partial charge on any atom is -0.462 e. The molecule has 8 unspecified atom stereocenters. The van der Waals surface area contributed by atoms with E-state index in [0.29, 0.717) is 42.7 Å². The molecule has 294 valence electrons. The summed E-state index contributed by atoms with van der Waals surface area (Å²) >= 11 is 0. The van der Waals surface area contributed by atoms with Crippen LogP contribution in [0.3, 0.4) is 0 Å². The van der Waals surface area contributed by atoms with E-state index in [1.807, 2.05) is 26.0 Å². The fourth-order valence-corrected chi connectivity index (χ4v) is 8.75. The van der Waals surface area contributed by atoms with Gasteiger partial charge in [-0.2, -0.15) is 0 Å². The van der Waals surface area contributed by atoms with Crippen LogP contribution in [0.15, 0.2) is 82.6 Å². The fourth-order valence-electron chi connectivity index (χ4n) is 8.75. The van der Waals surface area contributed by atoms with Crippen LogP contribution >= 0.6 is 0 Å².